The molecule has 0 spiro atoms. The van der Waals surface area contributed by atoms with Crippen LogP contribution < -0.4 is 5.73 Å². The van der Waals surface area contributed by atoms with Gasteiger partial charge in [-0.15, -0.1) is 0 Å². The van der Waals surface area contributed by atoms with E-state index in [-0.39, 0.29) is 11.9 Å². The highest BCUT2D eigenvalue weighted by Gasteiger charge is 2.23. The van der Waals surface area contributed by atoms with Gasteiger partial charge in [-0.05, 0) is 18.6 Å². The first-order chi connectivity index (χ1) is 8.25. The lowest BCUT2D eigenvalue weighted by atomic mass is 10.1. The monoisotopic (exact) mass is 235 g/mol. The Labute approximate surface area is 103 Å². The van der Waals surface area contributed by atoms with Crippen LogP contribution in [0, 0.1) is 0 Å². The molecule has 0 bridgehead atoms. The molecule has 1 unspecified atom stereocenters. The van der Waals surface area contributed by atoms with E-state index >= 15 is 0 Å². The summed E-state index contributed by atoms with van der Waals surface area (Å²) in [7, 11) is 0. The summed E-state index contributed by atoms with van der Waals surface area (Å²) in [5.41, 5.74) is 6.65. The molecule has 2 heterocycles. The molecule has 4 heteroatoms. The number of amides is 1. The van der Waals surface area contributed by atoms with Crippen LogP contribution in [0.15, 0.2) is 24.4 Å². The van der Waals surface area contributed by atoms with Crippen molar-refractivity contribution >= 4 is 5.91 Å². The molecule has 17 heavy (non-hydrogen) atoms. The number of likely N-dealkylation sites (tertiary alicyclic amines) is 1. The summed E-state index contributed by atoms with van der Waals surface area (Å²) in [4.78, 5) is 17.7. The van der Waals surface area contributed by atoms with E-state index in [1.165, 1.54) is 0 Å². The number of nitrogens with two attached hydrogens (primary N) is 1. The van der Waals surface area contributed by atoms with Crippen molar-refractivity contribution in [3.05, 3.63) is 30.1 Å². The van der Waals surface area contributed by atoms with Crippen molar-refractivity contribution in [3.8, 4) is 0 Å². The highest BCUT2D eigenvalue weighted by Crippen LogP contribution is 2.12. The molecule has 94 valence electrons. The lowest BCUT2D eigenvalue weighted by Gasteiger charge is -2.29. The average Bonchev–Trinajstić information content (AvgIpc) is 2.37. The van der Waals surface area contributed by atoms with E-state index in [1.807, 2.05) is 36.9 Å². The maximum Gasteiger partial charge on any atom is 0.224 e. The fraction of sp³-hybridized carbons (Fsp3) is 0.538. The molecular weight excluding hydrogens is 214 g/mol. The smallest absolute Gasteiger partial charge is 0.224 e. The van der Waals surface area contributed by atoms with Crippen LogP contribution in [0.5, 0.6) is 0 Å². The molecule has 0 aliphatic carbocycles. The third-order valence-electron chi connectivity index (χ3n) is 2.64. The van der Waals surface area contributed by atoms with Crippen LogP contribution in [0.1, 0.15) is 32.4 Å². The topological polar surface area (TPSA) is 59.2 Å². The van der Waals surface area contributed by atoms with E-state index in [0.29, 0.717) is 13.0 Å². The number of nitrogens with zero attached hydrogens (tertiary/aromatic N) is 2. The summed E-state index contributed by atoms with van der Waals surface area (Å²) < 4.78 is 0. The van der Waals surface area contributed by atoms with Crippen molar-refractivity contribution < 1.29 is 4.79 Å². The highest BCUT2D eigenvalue weighted by molar-refractivity contribution is 5.77. The van der Waals surface area contributed by atoms with E-state index in [0.717, 1.165) is 18.7 Å². The highest BCUT2D eigenvalue weighted by atomic mass is 16.2. The maximum atomic E-state index is 11.6. The second kappa shape index (κ2) is 7.01. The Bertz CT molecular complexity index is 340. The molecule has 0 saturated carbocycles. The molecule has 1 saturated heterocycles. The van der Waals surface area contributed by atoms with Crippen LogP contribution in [-0.2, 0) is 11.3 Å². The minimum atomic E-state index is 0.0393. The van der Waals surface area contributed by atoms with Crippen LogP contribution in [0.25, 0.3) is 0 Å². The van der Waals surface area contributed by atoms with Gasteiger partial charge in [0, 0.05) is 25.2 Å². The van der Waals surface area contributed by atoms with Crippen molar-refractivity contribution in [1.29, 1.82) is 0 Å². The fourth-order valence-corrected chi connectivity index (χ4v) is 1.76. The molecule has 1 aliphatic rings. The van der Waals surface area contributed by atoms with Crippen molar-refractivity contribution in [2.45, 2.75) is 39.3 Å². The molecule has 0 radical (unpaired) electrons. The van der Waals surface area contributed by atoms with Crippen molar-refractivity contribution in [3.63, 3.8) is 0 Å². The van der Waals surface area contributed by atoms with Gasteiger partial charge in [-0.3, -0.25) is 9.78 Å². The number of rotatable bonds is 2. The van der Waals surface area contributed by atoms with E-state index < -0.39 is 0 Å². The lowest BCUT2D eigenvalue weighted by Crippen LogP contribution is -2.43. The van der Waals surface area contributed by atoms with Gasteiger partial charge in [0.1, 0.15) is 0 Å². The van der Waals surface area contributed by atoms with E-state index in [2.05, 4.69) is 4.98 Å². The van der Waals surface area contributed by atoms with Crippen LogP contribution in [0.4, 0.5) is 0 Å². The van der Waals surface area contributed by atoms with E-state index in [1.54, 1.807) is 6.20 Å². The van der Waals surface area contributed by atoms with Crippen LogP contribution in [0.3, 0.4) is 0 Å². The van der Waals surface area contributed by atoms with Gasteiger partial charge in [-0.2, -0.15) is 0 Å². The summed E-state index contributed by atoms with van der Waals surface area (Å²) >= 11 is 0. The van der Waals surface area contributed by atoms with Crippen molar-refractivity contribution in [1.82, 2.24) is 9.88 Å². The van der Waals surface area contributed by atoms with E-state index in [9.17, 15) is 4.79 Å². The lowest BCUT2D eigenvalue weighted by molar-refractivity contribution is -0.134. The molecule has 0 aromatic carbocycles. The predicted molar refractivity (Wildman–Crippen MR) is 68.2 cm³/mol. The Morgan fingerprint density at radius 3 is 2.82 bits per heavy atom. The normalized spacial score (nSPS) is 19.6. The van der Waals surface area contributed by atoms with Gasteiger partial charge in [0.05, 0.1) is 12.2 Å². The van der Waals surface area contributed by atoms with Gasteiger partial charge in [-0.1, -0.05) is 19.9 Å². The van der Waals surface area contributed by atoms with Gasteiger partial charge >= 0.3 is 0 Å². The zero-order valence-electron chi connectivity index (χ0n) is 10.6. The zero-order valence-corrected chi connectivity index (χ0v) is 10.6. The molecular formula is C13H21N3O. The standard InChI is InChI=1S/C11H15N3O.C2H6/c12-9-4-6-14(11(15)7-9)8-10-3-1-2-5-13-10;1-2/h1-3,5,9H,4,6-8,12H2;1-2H3. The Balaban J connectivity index is 0.000000686. The third-order valence-corrected chi connectivity index (χ3v) is 2.64. The van der Waals surface area contributed by atoms with Gasteiger partial charge in [-0.25, -0.2) is 0 Å². The number of aromatic nitrogens is 1. The fourth-order valence-electron chi connectivity index (χ4n) is 1.76. The van der Waals surface area contributed by atoms with Crippen molar-refractivity contribution in [2.24, 2.45) is 5.73 Å². The summed E-state index contributed by atoms with van der Waals surface area (Å²) in [6.07, 6.45) is 3.10. The maximum absolute atomic E-state index is 11.6. The Morgan fingerprint density at radius 2 is 2.24 bits per heavy atom. The van der Waals surface area contributed by atoms with Gasteiger partial charge in [0.2, 0.25) is 5.91 Å². The molecule has 1 aromatic rings. The minimum absolute atomic E-state index is 0.0393. The summed E-state index contributed by atoms with van der Waals surface area (Å²) in [6.45, 7) is 5.35. The Morgan fingerprint density at radius 1 is 1.47 bits per heavy atom. The van der Waals surface area contributed by atoms with E-state index in [4.69, 9.17) is 5.73 Å². The first-order valence-electron chi connectivity index (χ1n) is 6.19. The quantitative estimate of drug-likeness (QED) is 0.846. The van der Waals surface area contributed by atoms with Crippen LogP contribution >= 0.6 is 0 Å². The predicted octanol–water partition coefficient (Wildman–Crippen LogP) is 1.56. The molecule has 1 fully saturated rings. The SMILES string of the molecule is CC.NC1CCN(Cc2ccccn2)C(=O)C1. The zero-order chi connectivity index (χ0) is 12.7. The molecule has 4 nitrogen and oxygen atoms in total. The summed E-state index contributed by atoms with van der Waals surface area (Å²) in [5.74, 6) is 0.138. The largest absolute Gasteiger partial charge is 0.337 e. The van der Waals surface area contributed by atoms with Gasteiger partial charge in [0.15, 0.2) is 0 Å². The second-order valence-electron chi connectivity index (χ2n) is 3.89. The number of carbonyl (C=O) groups is 1. The molecule has 2 rings (SSSR count). The number of hydrogen-bond donors (Lipinski definition) is 1. The van der Waals surface area contributed by atoms with Crippen molar-refractivity contribution in [2.75, 3.05) is 6.54 Å². The molecule has 1 atom stereocenters. The Kier molecular flexibility index (Phi) is 5.63. The first-order valence-corrected chi connectivity index (χ1v) is 6.19. The van der Waals surface area contributed by atoms with Gasteiger partial charge in [0.25, 0.3) is 0 Å². The van der Waals surface area contributed by atoms with Crippen LogP contribution in [0.2, 0.25) is 0 Å². The molecule has 1 amide bonds. The minimum Gasteiger partial charge on any atom is -0.337 e. The average molecular weight is 235 g/mol. The Hall–Kier alpha value is -1.42. The third kappa shape index (κ3) is 4.15. The second-order valence-corrected chi connectivity index (χ2v) is 3.89. The van der Waals surface area contributed by atoms with Gasteiger partial charge < -0.3 is 10.6 Å². The number of carbonyl (C=O) groups excluding carboxylic acids is 1. The summed E-state index contributed by atoms with van der Waals surface area (Å²) in [5, 5.41) is 0. The number of hydrogen-bond acceptors (Lipinski definition) is 3. The number of piperidine rings is 1. The summed E-state index contributed by atoms with van der Waals surface area (Å²) in [6, 6.07) is 5.78. The van der Waals surface area contributed by atoms with Crippen LogP contribution in [-0.4, -0.2) is 28.4 Å². The first kappa shape index (κ1) is 13.6. The molecule has 2 N–H and O–H groups in total. The number of pyridine rings is 1. The molecule has 1 aliphatic heterocycles. The molecule has 1 aromatic heterocycles.